The number of benzene rings is 3. The number of aromatic hydroxyl groups is 1. The number of hydrogen-bond acceptors (Lipinski definition) is 5. The molecule has 0 saturated heterocycles. The van der Waals surface area contributed by atoms with E-state index in [-0.39, 0.29) is 19.0 Å². The van der Waals surface area contributed by atoms with E-state index in [0.717, 1.165) is 39.4 Å². The second-order valence-corrected chi connectivity index (χ2v) is 8.91. The first kappa shape index (κ1) is 26.0. The van der Waals surface area contributed by atoms with Gasteiger partial charge in [-0.2, -0.15) is 0 Å². The average molecular weight is 490 g/mol. The SMILES string of the molecule is C.CC(=O)c1ccc2c(c1)N=C(c1ccc(O)cc1F)c1ccccc1S2.CCc1ccc(C)o1. The molecule has 4 nitrogen and oxygen atoms in total. The molecular formula is C29H28FNO3S. The van der Waals surface area contributed by atoms with Crippen LogP contribution in [0.25, 0.3) is 0 Å². The van der Waals surface area contributed by atoms with Crippen molar-refractivity contribution < 1.29 is 18.7 Å². The van der Waals surface area contributed by atoms with E-state index in [0.29, 0.717) is 22.5 Å². The zero-order valence-electron chi connectivity index (χ0n) is 19.1. The molecule has 0 radical (unpaired) electrons. The second kappa shape index (κ2) is 11.2. The van der Waals surface area contributed by atoms with Crippen LogP contribution in [-0.4, -0.2) is 16.6 Å². The molecule has 0 saturated carbocycles. The quantitative estimate of drug-likeness (QED) is 0.260. The average Bonchev–Trinajstić information content (AvgIpc) is 3.17. The number of carbonyl (C=O) groups excluding carboxylic acids is 1. The van der Waals surface area contributed by atoms with Crippen molar-refractivity contribution in [1.29, 1.82) is 0 Å². The van der Waals surface area contributed by atoms with E-state index in [2.05, 4.69) is 6.92 Å². The Morgan fingerprint density at radius 1 is 1.00 bits per heavy atom. The van der Waals surface area contributed by atoms with E-state index in [4.69, 9.17) is 9.41 Å². The molecule has 1 N–H and O–H groups in total. The lowest BCUT2D eigenvalue weighted by Gasteiger charge is -2.10. The maximum absolute atomic E-state index is 14.5. The molecule has 3 aromatic carbocycles. The number of phenolic OH excluding ortho intramolecular Hbond substituents is 1. The topological polar surface area (TPSA) is 62.8 Å². The smallest absolute Gasteiger partial charge is 0.159 e. The molecule has 0 fully saturated rings. The van der Waals surface area contributed by atoms with Crippen LogP contribution in [0.5, 0.6) is 5.75 Å². The molecule has 4 aromatic rings. The number of Topliss-reactive ketones (excluding diaryl/α,β-unsaturated/α-hetero) is 1. The van der Waals surface area contributed by atoms with Gasteiger partial charge < -0.3 is 9.52 Å². The molecule has 0 spiro atoms. The number of phenols is 1. The van der Waals surface area contributed by atoms with Gasteiger partial charge in [0.15, 0.2) is 5.78 Å². The number of halogens is 1. The predicted octanol–water partition coefficient (Wildman–Crippen LogP) is 8.15. The summed E-state index contributed by atoms with van der Waals surface area (Å²) in [5.74, 6) is 1.34. The lowest BCUT2D eigenvalue weighted by atomic mass is 10.0. The number of hydrogen-bond donors (Lipinski definition) is 1. The first-order valence-electron chi connectivity index (χ1n) is 10.9. The van der Waals surface area contributed by atoms with Gasteiger partial charge in [0, 0.05) is 39.0 Å². The van der Waals surface area contributed by atoms with Crippen molar-refractivity contribution in [3.05, 3.63) is 107 Å². The molecule has 2 heterocycles. The van der Waals surface area contributed by atoms with Crippen molar-refractivity contribution in [3.63, 3.8) is 0 Å². The highest BCUT2D eigenvalue weighted by Crippen LogP contribution is 2.42. The summed E-state index contributed by atoms with van der Waals surface area (Å²) in [7, 11) is 0. The summed E-state index contributed by atoms with van der Waals surface area (Å²) in [6.07, 6.45) is 0.994. The van der Waals surface area contributed by atoms with Crippen LogP contribution >= 0.6 is 11.8 Å². The number of fused-ring (bicyclic) bond motifs is 2. The third-order valence-electron chi connectivity index (χ3n) is 5.31. The Labute approximate surface area is 209 Å². The molecule has 180 valence electrons. The first-order chi connectivity index (χ1) is 16.4. The van der Waals surface area contributed by atoms with Crippen molar-refractivity contribution in [3.8, 4) is 5.75 Å². The highest BCUT2D eigenvalue weighted by atomic mass is 32.2. The van der Waals surface area contributed by atoms with Gasteiger partial charge >= 0.3 is 0 Å². The van der Waals surface area contributed by atoms with Gasteiger partial charge in [-0.25, -0.2) is 9.38 Å². The van der Waals surface area contributed by atoms with Gasteiger partial charge in [0.2, 0.25) is 0 Å². The largest absolute Gasteiger partial charge is 0.508 e. The fourth-order valence-corrected chi connectivity index (χ4v) is 4.54. The van der Waals surface area contributed by atoms with Crippen molar-refractivity contribution >= 4 is 28.9 Å². The van der Waals surface area contributed by atoms with E-state index in [1.165, 1.54) is 30.8 Å². The Morgan fingerprint density at radius 3 is 2.40 bits per heavy atom. The lowest BCUT2D eigenvalue weighted by molar-refractivity contribution is 0.101. The van der Waals surface area contributed by atoms with E-state index < -0.39 is 5.82 Å². The van der Waals surface area contributed by atoms with Crippen molar-refractivity contribution in [1.82, 2.24) is 0 Å². The Bertz CT molecular complexity index is 1390. The summed E-state index contributed by atoms with van der Waals surface area (Å²) < 4.78 is 19.8. The molecule has 0 atom stereocenters. The number of carbonyl (C=O) groups is 1. The molecule has 1 aliphatic rings. The molecule has 35 heavy (non-hydrogen) atoms. The van der Waals surface area contributed by atoms with Gasteiger partial charge in [0.1, 0.15) is 23.1 Å². The van der Waals surface area contributed by atoms with Gasteiger partial charge in [0.25, 0.3) is 0 Å². The number of ketones is 1. The third-order valence-corrected chi connectivity index (χ3v) is 6.45. The van der Waals surface area contributed by atoms with Gasteiger partial charge in [0.05, 0.1) is 11.4 Å². The van der Waals surface area contributed by atoms with Crippen LogP contribution in [0.1, 0.15) is 54.3 Å². The van der Waals surface area contributed by atoms with Crippen molar-refractivity contribution in [2.24, 2.45) is 4.99 Å². The van der Waals surface area contributed by atoms with Crippen molar-refractivity contribution in [2.45, 2.75) is 44.4 Å². The highest BCUT2D eigenvalue weighted by molar-refractivity contribution is 7.99. The molecule has 0 unspecified atom stereocenters. The van der Waals surface area contributed by atoms with Crippen LogP contribution < -0.4 is 0 Å². The fourth-order valence-electron chi connectivity index (χ4n) is 3.54. The lowest BCUT2D eigenvalue weighted by Crippen LogP contribution is -2.06. The van der Waals surface area contributed by atoms with Crippen LogP contribution in [0, 0.1) is 12.7 Å². The van der Waals surface area contributed by atoms with Gasteiger partial charge in [-0.15, -0.1) is 0 Å². The van der Waals surface area contributed by atoms with Crippen LogP contribution in [0.2, 0.25) is 0 Å². The van der Waals surface area contributed by atoms with E-state index in [1.54, 1.807) is 12.1 Å². The molecule has 6 heteroatoms. The first-order valence-corrected chi connectivity index (χ1v) is 11.7. The summed E-state index contributed by atoms with van der Waals surface area (Å²) >= 11 is 1.53. The Kier molecular flexibility index (Phi) is 8.30. The monoisotopic (exact) mass is 489 g/mol. The molecule has 0 bridgehead atoms. The minimum absolute atomic E-state index is 0. The standard InChI is InChI=1S/C21H14FNO2S.C7H10O.CH4/c1-12(24)13-6-9-20-18(10-13)23-21(15-8-7-14(25)11-17(15)22)16-4-2-3-5-19(16)26-20;1-3-7-5-4-6(2)8-7;/h2-11,25H,1H3;4-5H,3H2,1-2H3;1H4. The third kappa shape index (κ3) is 5.89. The summed E-state index contributed by atoms with van der Waals surface area (Å²) in [5, 5.41) is 9.52. The van der Waals surface area contributed by atoms with Gasteiger partial charge in [-0.3, -0.25) is 4.79 Å². The highest BCUT2D eigenvalue weighted by Gasteiger charge is 2.21. The van der Waals surface area contributed by atoms with Crippen LogP contribution in [0.15, 0.2) is 92.0 Å². The van der Waals surface area contributed by atoms with Crippen molar-refractivity contribution in [2.75, 3.05) is 0 Å². The molecule has 0 amide bonds. The predicted molar refractivity (Wildman–Crippen MR) is 140 cm³/mol. The van der Waals surface area contributed by atoms with E-state index >= 15 is 0 Å². The summed E-state index contributed by atoms with van der Waals surface area (Å²) in [6, 6.07) is 21.1. The van der Waals surface area contributed by atoms with Crippen LogP contribution in [-0.2, 0) is 6.42 Å². The number of aryl methyl sites for hydroxylation is 2. The normalized spacial score (nSPS) is 11.6. The van der Waals surface area contributed by atoms with E-state index in [9.17, 15) is 14.3 Å². The molecule has 1 aliphatic heterocycles. The molecule has 5 rings (SSSR count). The summed E-state index contributed by atoms with van der Waals surface area (Å²) in [5.41, 5.74) is 2.77. The number of aliphatic imine (C=N–C) groups is 1. The number of furan rings is 1. The van der Waals surface area contributed by atoms with Gasteiger partial charge in [-0.05, 0) is 56.3 Å². The molecule has 0 aliphatic carbocycles. The minimum Gasteiger partial charge on any atom is -0.508 e. The summed E-state index contributed by atoms with van der Waals surface area (Å²) in [6.45, 7) is 5.54. The Hall–Kier alpha value is -3.64. The molecule has 1 aromatic heterocycles. The summed E-state index contributed by atoms with van der Waals surface area (Å²) in [4.78, 5) is 18.3. The second-order valence-electron chi connectivity index (χ2n) is 7.83. The fraction of sp³-hybridized carbons (Fsp3) is 0.172. The van der Waals surface area contributed by atoms with Crippen LogP contribution in [0.3, 0.4) is 0 Å². The Morgan fingerprint density at radius 2 is 1.77 bits per heavy atom. The number of nitrogens with zero attached hydrogens (tertiary/aromatic N) is 1. The zero-order chi connectivity index (χ0) is 24.2. The maximum atomic E-state index is 14.5. The maximum Gasteiger partial charge on any atom is 0.159 e. The minimum atomic E-state index is -0.547. The molecular weight excluding hydrogens is 461 g/mol. The van der Waals surface area contributed by atoms with Crippen LogP contribution in [0.4, 0.5) is 10.1 Å². The zero-order valence-corrected chi connectivity index (χ0v) is 19.9. The van der Waals surface area contributed by atoms with E-state index in [1.807, 2.05) is 49.4 Å². The number of rotatable bonds is 3. The van der Waals surface area contributed by atoms with Gasteiger partial charge in [-0.1, -0.05) is 50.4 Å². The Balaban J connectivity index is 0.000000325.